The fraction of sp³-hybridized carbons (Fsp3) is 0.222. The van der Waals surface area contributed by atoms with Gasteiger partial charge in [0, 0.05) is 23.5 Å². The molecule has 2 heterocycles. The number of dihydropyridines is 1. The highest BCUT2D eigenvalue weighted by Crippen LogP contribution is 2.40. The number of methoxy groups -OCH3 is 1. The van der Waals surface area contributed by atoms with Gasteiger partial charge in [0.15, 0.2) is 0 Å². The molecule has 4 rings (SSSR count). The number of ether oxygens (including phenoxy) is 2. The second-order valence-corrected chi connectivity index (χ2v) is 8.73. The van der Waals surface area contributed by atoms with Crippen molar-refractivity contribution in [1.29, 1.82) is 0 Å². The molecule has 1 aromatic heterocycles. The highest BCUT2D eigenvalue weighted by molar-refractivity contribution is 6.00. The predicted molar refractivity (Wildman–Crippen MR) is 140 cm³/mol. The summed E-state index contributed by atoms with van der Waals surface area (Å²) in [6.07, 6.45) is 5.05. The summed E-state index contributed by atoms with van der Waals surface area (Å²) in [5.74, 6) is -2.23. The lowest BCUT2D eigenvalue weighted by atomic mass is 9.80. The van der Waals surface area contributed by atoms with Gasteiger partial charge in [-0.2, -0.15) is 0 Å². The summed E-state index contributed by atoms with van der Waals surface area (Å²) in [7, 11) is 1.24. The van der Waals surface area contributed by atoms with E-state index in [1.807, 2.05) is 30.3 Å². The molecular weight excluding hydrogens is 504 g/mol. The highest BCUT2D eigenvalue weighted by atomic mass is 16.6. The number of benzene rings is 2. The van der Waals surface area contributed by atoms with Crippen LogP contribution in [0.3, 0.4) is 0 Å². The molecule has 3 aromatic rings. The quantitative estimate of drug-likeness (QED) is 0.248. The molecule has 0 amide bonds. The number of non-ortho nitro benzene ring substituents is 1. The van der Waals surface area contributed by atoms with E-state index in [-0.39, 0.29) is 23.4 Å². The first-order valence-electron chi connectivity index (χ1n) is 11.9. The average molecular weight is 531 g/mol. The molecule has 1 N–H and O–H groups in total. The van der Waals surface area contributed by atoms with Crippen molar-refractivity contribution in [3.8, 4) is 0 Å². The van der Waals surface area contributed by atoms with E-state index in [1.165, 1.54) is 31.6 Å². The number of esters is 2. The van der Waals surface area contributed by atoms with Gasteiger partial charge in [-0.1, -0.05) is 42.5 Å². The zero-order valence-electron chi connectivity index (χ0n) is 21.5. The summed E-state index contributed by atoms with van der Waals surface area (Å²) in [5.41, 5.74) is 3.46. The molecule has 0 bridgehead atoms. The van der Waals surface area contributed by atoms with E-state index >= 15 is 0 Å². The minimum absolute atomic E-state index is 0.0279. The van der Waals surface area contributed by atoms with Crippen molar-refractivity contribution in [3.05, 3.63) is 110 Å². The van der Waals surface area contributed by atoms with Crippen molar-refractivity contribution in [1.82, 2.24) is 25.5 Å². The van der Waals surface area contributed by atoms with Gasteiger partial charge < -0.3 is 14.8 Å². The Morgan fingerprint density at radius 2 is 1.82 bits per heavy atom. The summed E-state index contributed by atoms with van der Waals surface area (Å²) in [6, 6.07) is 13.6. The van der Waals surface area contributed by atoms with Crippen molar-refractivity contribution in [2.75, 3.05) is 13.7 Å². The van der Waals surface area contributed by atoms with Crippen molar-refractivity contribution in [3.63, 3.8) is 0 Å². The first-order chi connectivity index (χ1) is 18.8. The molecule has 1 aliphatic heterocycles. The van der Waals surface area contributed by atoms with Crippen LogP contribution in [-0.4, -0.2) is 50.8 Å². The predicted octanol–water partition coefficient (Wildman–Crippen LogP) is 3.29. The van der Waals surface area contributed by atoms with Crippen molar-refractivity contribution in [2.45, 2.75) is 26.3 Å². The summed E-state index contributed by atoms with van der Waals surface area (Å²) < 4.78 is 12.1. The van der Waals surface area contributed by atoms with E-state index in [2.05, 4.69) is 20.8 Å². The molecule has 12 heteroatoms. The minimum Gasteiger partial charge on any atom is -0.466 e. The van der Waals surface area contributed by atoms with Gasteiger partial charge in [-0.05, 0) is 47.0 Å². The maximum absolute atomic E-state index is 13.3. The van der Waals surface area contributed by atoms with Crippen LogP contribution in [0.15, 0.2) is 83.5 Å². The number of nitrogens with zero attached hydrogens (tertiary/aromatic N) is 5. The zero-order chi connectivity index (χ0) is 27.9. The number of nitro benzene ring substituents is 1. The molecule has 0 saturated heterocycles. The number of hydrogen-bond acceptors (Lipinski definition) is 10. The summed E-state index contributed by atoms with van der Waals surface area (Å²) in [6.45, 7) is 3.88. The molecule has 1 aliphatic rings. The lowest BCUT2D eigenvalue weighted by molar-refractivity contribution is -0.384. The lowest BCUT2D eigenvalue weighted by Crippen LogP contribution is -2.32. The monoisotopic (exact) mass is 530 g/mol. The summed E-state index contributed by atoms with van der Waals surface area (Å²) >= 11 is 0. The second kappa shape index (κ2) is 11.9. The number of tetrazole rings is 1. The molecule has 12 nitrogen and oxygen atoms in total. The van der Waals surface area contributed by atoms with E-state index in [9.17, 15) is 19.7 Å². The molecule has 0 saturated carbocycles. The average Bonchev–Trinajstić information content (AvgIpc) is 3.44. The maximum Gasteiger partial charge on any atom is 0.337 e. The van der Waals surface area contributed by atoms with Gasteiger partial charge in [0.2, 0.25) is 0 Å². The minimum atomic E-state index is -0.914. The number of hydrogen-bond donors (Lipinski definition) is 1. The number of nitro groups is 1. The smallest absolute Gasteiger partial charge is 0.337 e. The van der Waals surface area contributed by atoms with Crippen LogP contribution in [0.5, 0.6) is 0 Å². The Balaban J connectivity index is 1.51. The summed E-state index contributed by atoms with van der Waals surface area (Å²) in [5, 5.41) is 25.5. The number of allylic oxidation sites excluding steroid dienone is 2. The van der Waals surface area contributed by atoms with Crippen LogP contribution in [-0.2, 0) is 25.6 Å². The number of carbonyl (C=O) groups excluding carboxylic acids is 2. The Kier molecular flexibility index (Phi) is 8.24. The fourth-order valence-corrected chi connectivity index (χ4v) is 4.36. The maximum atomic E-state index is 13.3. The number of nitrogens with one attached hydrogen (secondary N) is 1. The Morgan fingerprint density at radius 3 is 2.46 bits per heavy atom. The van der Waals surface area contributed by atoms with Gasteiger partial charge in [-0.25, -0.2) is 14.3 Å². The van der Waals surface area contributed by atoms with Gasteiger partial charge in [0.25, 0.3) is 5.69 Å². The van der Waals surface area contributed by atoms with E-state index in [1.54, 1.807) is 30.7 Å². The van der Waals surface area contributed by atoms with Gasteiger partial charge in [0.1, 0.15) is 12.9 Å². The topological polar surface area (TPSA) is 151 Å². The molecule has 39 heavy (non-hydrogen) atoms. The first-order valence-corrected chi connectivity index (χ1v) is 11.9. The van der Waals surface area contributed by atoms with Crippen LogP contribution < -0.4 is 5.32 Å². The van der Waals surface area contributed by atoms with Gasteiger partial charge in [-0.15, -0.1) is 5.10 Å². The number of rotatable bonds is 9. The van der Waals surface area contributed by atoms with Crippen LogP contribution in [0.25, 0.3) is 6.08 Å². The van der Waals surface area contributed by atoms with Crippen LogP contribution in [0, 0.1) is 10.1 Å². The van der Waals surface area contributed by atoms with Crippen molar-refractivity contribution in [2.24, 2.45) is 0 Å². The number of carbonyl (C=O) groups is 2. The lowest BCUT2D eigenvalue weighted by Gasteiger charge is -2.30. The van der Waals surface area contributed by atoms with Gasteiger partial charge in [-0.3, -0.25) is 10.1 Å². The van der Waals surface area contributed by atoms with Crippen molar-refractivity contribution >= 4 is 23.7 Å². The molecular formula is C27H26N6O6. The van der Waals surface area contributed by atoms with Gasteiger partial charge in [0.05, 0.1) is 35.6 Å². The Hall–Kier alpha value is -5.13. The number of aromatic nitrogens is 4. The first kappa shape index (κ1) is 26.9. The van der Waals surface area contributed by atoms with Crippen LogP contribution in [0.2, 0.25) is 0 Å². The fourth-order valence-electron chi connectivity index (χ4n) is 4.36. The molecule has 0 fully saturated rings. The zero-order valence-corrected chi connectivity index (χ0v) is 21.5. The molecule has 0 spiro atoms. The van der Waals surface area contributed by atoms with E-state index < -0.39 is 22.8 Å². The molecule has 1 atom stereocenters. The SMILES string of the molecule is COC(=O)C1=C(C)NC(C)=C(C(=O)OCC=Cc2ccc(Cn3cnnn3)cc2)C1c1cccc([N+](=O)[O-])c1. The standard InChI is InChI=1S/C27H26N6O6/c1-17-23(26(34)38-3)25(21-7-4-8-22(14-21)33(36)37)24(18(2)29-17)27(35)39-13-5-6-19-9-11-20(12-10-19)15-32-16-28-30-31-32/h4-12,14,16,25,29H,13,15H2,1-3H3. The molecule has 200 valence electrons. The Bertz CT molecular complexity index is 1470. The normalized spacial score (nSPS) is 15.3. The van der Waals surface area contributed by atoms with Crippen LogP contribution in [0.1, 0.15) is 36.5 Å². The summed E-state index contributed by atoms with van der Waals surface area (Å²) in [4.78, 5) is 36.9. The van der Waals surface area contributed by atoms with Crippen LogP contribution in [0.4, 0.5) is 5.69 Å². The molecule has 1 unspecified atom stereocenters. The third kappa shape index (κ3) is 6.24. The van der Waals surface area contributed by atoms with Crippen molar-refractivity contribution < 1.29 is 24.0 Å². The van der Waals surface area contributed by atoms with E-state index in [0.29, 0.717) is 23.5 Å². The third-order valence-electron chi connectivity index (χ3n) is 6.14. The second-order valence-electron chi connectivity index (χ2n) is 8.73. The molecule has 2 aromatic carbocycles. The molecule has 0 aliphatic carbocycles. The third-order valence-corrected chi connectivity index (χ3v) is 6.14. The largest absolute Gasteiger partial charge is 0.466 e. The van der Waals surface area contributed by atoms with Gasteiger partial charge >= 0.3 is 11.9 Å². The van der Waals surface area contributed by atoms with Crippen LogP contribution >= 0.6 is 0 Å². The van der Waals surface area contributed by atoms with E-state index in [0.717, 1.165) is 11.1 Å². The highest BCUT2D eigenvalue weighted by Gasteiger charge is 2.38. The molecule has 0 radical (unpaired) electrons. The Morgan fingerprint density at radius 1 is 1.10 bits per heavy atom. The van der Waals surface area contributed by atoms with E-state index in [4.69, 9.17) is 9.47 Å². The Labute approximate surface area is 223 Å².